The van der Waals surface area contributed by atoms with E-state index in [2.05, 4.69) is 0 Å². The third-order valence-corrected chi connectivity index (χ3v) is 2.48. The molecular formula is C12H16F3NO. The zero-order chi connectivity index (χ0) is 13.1. The number of rotatable bonds is 4. The maximum atomic E-state index is 12.1. The van der Waals surface area contributed by atoms with Gasteiger partial charge < -0.3 is 5.11 Å². The van der Waals surface area contributed by atoms with Gasteiger partial charge in [0.2, 0.25) is 0 Å². The van der Waals surface area contributed by atoms with E-state index in [1.807, 2.05) is 19.1 Å². The highest BCUT2D eigenvalue weighted by Crippen LogP contribution is 2.20. The predicted molar refractivity (Wildman–Crippen MR) is 59.7 cm³/mol. The van der Waals surface area contributed by atoms with E-state index in [1.54, 1.807) is 12.1 Å². The monoisotopic (exact) mass is 247 g/mol. The van der Waals surface area contributed by atoms with E-state index in [0.717, 1.165) is 10.5 Å². The van der Waals surface area contributed by atoms with Crippen LogP contribution in [0, 0.1) is 6.92 Å². The number of aliphatic hydroxyl groups excluding tert-OH is 1. The molecule has 1 unspecified atom stereocenters. The number of nitrogens with zero attached hydrogens (tertiary/aromatic N) is 1. The van der Waals surface area contributed by atoms with Crippen LogP contribution in [-0.4, -0.2) is 36.3 Å². The van der Waals surface area contributed by atoms with Crippen molar-refractivity contribution >= 4 is 0 Å². The van der Waals surface area contributed by atoms with Gasteiger partial charge in [0.15, 0.2) is 0 Å². The second-order valence-electron chi connectivity index (χ2n) is 4.18. The van der Waals surface area contributed by atoms with E-state index in [4.69, 9.17) is 0 Å². The Bertz CT molecular complexity index is 365. The van der Waals surface area contributed by atoms with Crippen molar-refractivity contribution in [3.63, 3.8) is 0 Å². The Balaban J connectivity index is 2.61. The standard InChI is InChI=1S/C12H16F3NO/c1-9-5-3-4-6-10(9)11(17)7-16(2)8-12(13,14)15/h3-6,11,17H,7-8H2,1-2H3. The fourth-order valence-corrected chi connectivity index (χ4v) is 1.72. The molecule has 0 bridgehead atoms. The third kappa shape index (κ3) is 4.75. The molecule has 0 fully saturated rings. The lowest BCUT2D eigenvalue weighted by Gasteiger charge is -2.22. The number of likely N-dealkylation sites (N-methyl/N-ethyl adjacent to an activating group) is 1. The molecule has 96 valence electrons. The first kappa shape index (κ1) is 14.0. The van der Waals surface area contributed by atoms with Crippen LogP contribution in [0.3, 0.4) is 0 Å². The van der Waals surface area contributed by atoms with Crippen molar-refractivity contribution in [1.29, 1.82) is 0 Å². The number of hydrogen-bond donors (Lipinski definition) is 1. The van der Waals surface area contributed by atoms with E-state index < -0.39 is 18.8 Å². The van der Waals surface area contributed by atoms with Crippen LogP contribution >= 0.6 is 0 Å². The summed E-state index contributed by atoms with van der Waals surface area (Å²) >= 11 is 0. The van der Waals surface area contributed by atoms with Crippen molar-refractivity contribution in [3.8, 4) is 0 Å². The number of alkyl halides is 3. The van der Waals surface area contributed by atoms with E-state index in [9.17, 15) is 18.3 Å². The molecule has 0 saturated heterocycles. The Morgan fingerprint density at radius 2 is 1.88 bits per heavy atom. The summed E-state index contributed by atoms with van der Waals surface area (Å²) in [4.78, 5) is 1.07. The van der Waals surface area contributed by atoms with Crippen LogP contribution in [0.2, 0.25) is 0 Å². The van der Waals surface area contributed by atoms with Crippen LogP contribution in [0.5, 0.6) is 0 Å². The molecule has 0 heterocycles. The Hall–Kier alpha value is -1.07. The summed E-state index contributed by atoms with van der Waals surface area (Å²) in [6.45, 7) is 0.766. The highest BCUT2D eigenvalue weighted by atomic mass is 19.4. The van der Waals surface area contributed by atoms with Gasteiger partial charge in [0.1, 0.15) is 0 Å². The highest BCUT2D eigenvalue weighted by Gasteiger charge is 2.29. The lowest BCUT2D eigenvalue weighted by Crippen LogP contribution is -2.34. The number of halogens is 3. The minimum Gasteiger partial charge on any atom is -0.387 e. The van der Waals surface area contributed by atoms with Crippen molar-refractivity contribution < 1.29 is 18.3 Å². The summed E-state index contributed by atoms with van der Waals surface area (Å²) in [5, 5.41) is 9.86. The van der Waals surface area contributed by atoms with Gasteiger partial charge in [-0.2, -0.15) is 13.2 Å². The minimum absolute atomic E-state index is 0.0373. The molecule has 1 aromatic rings. The molecule has 0 saturated carbocycles. The molecule has 0 spiro atoms. The molecular weight excluding hydrogens is 231 g/mol. The Morgan fingerprint density at radius 3 is 2.41 bits per heavy atom. The third-order valence-electron chi connectivity index (χ3n) is 2.48. The number of benzene rings is 1. The van der Waals surface area contributed by atoms with E-state index in [1.165, 1.54) is 7.05 Å². The summed E-state index contributed by atoms with van der Waals surface area (Å²) in [5.74, 6) is 0. The van der Waals surface area contributed by atoms with Crippen molar-refractivity contribution in [2.24, 2.45) is 0 Å². The van der Waals surface area contributed by atoms with Gasteiger partial charge in [-0.15, -0.1) is 0 Å². The second kappa shape index (κ2) is 5.51. The second-order valence-corrected chi connectivity index (χ2v) is 4.18. The molecule has 1 rings (SSSR count). The van der Waals surface area contributed by atoms with Gasteiger partial charge in [-0.3, -0.25) is 4.90 Å². The molecule has 0 aromatic heterocycles. The average molecular weight is 247 g/mol. The zero-order valence-corrected chi connectivity index (χ0v) is 9.83. The van der Waals surface area contributed by atoms with Crippen LogP contribution < -0.4 is 0 Å². The summed E-state index contributed by atoms with van der Waals surface area (Å²) in [7, 11) is 1.34. The van der Waals surface area contributed by atoms with Crippen LogP contribution in [0.1, 0.15) is 17.2 Å². The Morgan fingerprint density at radius 1 is 1.29 bits per heavy atom. The lowest BCUT2D eigenvalue weighted by molar-refractivity contribution is -0.145. The molecule has 0 aliphatic carbocycles. The maximum Gasteiger partial charge on any atom is 0.401 e. The van der Waals surface area contributed by atoms with Crippen molar-refractivity contribution in [2.45, 2.75) is 19.2 Å². The summed E-state index contributed by atoms with van der Waals surface area (Å²) < 4.78 is 36.3. The quantitative estimate of drug-likeness (QED) is 0.883. The van der Waals surface area contributed by atoms with Gasteiger partial charge in [0.05, 0.1) is 12.6 Å². The Kier molecular flexibility index (Phi) is 4.54. The van der Waals surface area contributed by atoms with Gasteiger partial charge in [-0.1, -0.05) is 24.3 Å². The first-order valence-corrected chi connectivity index (χ1v) is 5.28. The molecule has 2 nitrogen and oxygen atoms in total. The number of aryl methyl sites for hydroxylation is 1. The molecule has 0 amide bonds. The average Bonchev–Trinajstić information content (AvgIpc) is 2.14. The van der Waals surface area contributed by atoms with Crippen LogP contribution in [0.25, 0.3) is 0 Å². The first-order valence-electron chi connectivity index (χ1n) is 5.28. The topological polar surface area (TPSA) is 23.5 Å². The molecule has 1 N–H and O–H groups in total. The number of hydrogen-bond acceptors (Lipinski definition) is 2. The van der Waals surface area contributed by atoms with Crippen LogP contribution in [-0.2, 0) is 0 Å². The predicted octanol–water partition coefficient (Wildman–Crippen LogP) is 2.52. The lowest BCUT2D eigenvalue weighted by atomic mass is 10.0. The highest BCUT2D eigenvalue weighted by molar-refractivity contribution is 5.27. The molecule has 17 heavy (non-hydrogen) atoms. The first-order chi connectivity index (χ1) is 7.79. The molecule has 0 aliphatic rings. The maximum absolute atomic E-state index is 12.1. The van der Waals surface area contributed by atoms with Gasteiger partial charge in [-0.25, -0.2) is 0 Å². The fourth-order valence-electron chi connectivity index (χ4n) is 1.72. The van der Waals surface area contributed by atoms with Gasteiger partial charge >= 0.3 is 6.18 Å². The smallest absolute Gasteiger partial charge is 0.387 e. The molecule has 0 radical (unpaired) electrons. The molecule has 1 atom stereocenters. The van der Waals surface area contributed by atoms with Gasteiger partial charge in [0, 0.05) is 6.54 Å². The minimum atomic E-state index is -4.24. The van der Waals surface area contributed by atoms with E-state index >= 15 is 0 Å². The van der Waals surface area contributed by atoms with Crippen LogP contribution in [0.15, 0.2) is 24.3 Å². The largest absolute Gasteiger partial charge is 0.401 e. The van der Waals surface area contributed by atoms with Crippen LogP contribution in [0.4, 0.5) is 13.2 Å². The summed E-state index contributed by atoms with van der Waals surface area (Å²) in [6, 6.07) is 7.13. The van der Waals surface area contributed by atoms with E-state index in [0.29, 0.717) is 5.56 Å². The summed E-state index contributed by atoms with van der Waals surface area (Å²) in [6.07, 6.45) is -5.14. The van der Waals surface area contributed by atoms with Gasteiger partial charge in [-0.05, 0) is 25.1 Å². The Labute approximate surface area is 98.7 Å². The summed E-state index contributed by atoms with van der Waals surface area (Å²) in [5.41, 5.74) is 1.54. The fraction of sp³-hybridized carbons (Fsp3) is 0.500. The van der Waals surface area contributed by atoms with E-state index in [-0.39, 0.29) is 6.54 Å². The number of aliphatic hydroxyl groups is 1. The molecule has 5 heteroatoms. The van der Waals surface area contributed by atoms with Crippen molar-refractivity contribution in [2.75, 3.05) is 20.1 Å². The van der Waals surface area contributed by atoms with Crippen molar-refractivity contribution in [1.82, 2.24) is 4.90 Å². The normalized spacial score (nSPS) is 14.1. The van der Waals surface area contributed by atoms with Gasteiger partial charge in [0.25, 0.3) is 0 Å². The SMILES string of the molecule is Cc1ccccc1C(O)CN(C)CC(F)(F)F. The van der Waals surface area contributed by atoms with Crippen molar-refractivity contribution in [3.05, 3.63) is 35.4 Å². The molecule has 1 aromatic carbocycles. The zero-order valence-electron chi connectivity index (χ0n) is 9.83. The molecule has 0 aliphatic heterocycles.